The van der Waals surface area contributed by atoms with Crippen LogP contribution in [0, 0.1) is 20.8 Å². The van der Waals surface area contributed by atoms with E-state index in [-0.39, 0.29) is 5.54 Å². The Kier molecular flexibility index (Phi) is 4.11. The minimum Gasteiger partial charge on any atom is -0.495 e. The van der Waals surface area contributed by atoms with Gasteiger partial charge in [-0.2, -0.15) is 0 Å². The van der Waals surface area contributed by atoms with E-state index in [2.05, 4.69) is 6.92 Å². The van der Waals surface area contributed by atoms with E-state index in [1.807, 2.05) is 27.7 Å². The van der Waals surface area contributed by atoms with Crippen LogP contribution in [0.5, 0.6) is 5.75 Å². The fourth-order valence-corrected chi connectivity index (χ4v) is 2.44. The first kappa shape index (κ1) is 14.3. The Bertz CT molecular complexity index is 404. The Balaban J connectivity index is 3.43. The summed E-state index contributed by atoms with van der Waals surface area (Å²) in [5.74, 6) is 0.778. The Morgan fingerprint density at radius 2 is 1.65 bits per heavy atom. The predicted molar refractivity (Wildman–Crippen MR) is 74.2 cm³/mol. The fourth-order valence-electron chi connectivity index (χ4n) is 2.11. The molecule has 0 atom stereocenters. The van der Waals surface area contributed by atoms with Gasteiger partial charge < -0.3 is 10.5 Å². The number of halogens is 1. The van der Waals surface area contributed by atoms with Crippen molar-refractivity contribution in [1.29, 1.82) is 0 Å². The highest BCUT2D eigenvalue weighted by Gasteiger charge is 2.21. The molecule has 2 nitrogen and oxygen atoms in total. The molecule has 1 rings (SSSR count). The van der Waals surface area contributed by atoms with Gasteiger partial charge in [-0.25, -0.2) is 0 Å². The molecule has 0 spiro atoms. The second kappa shape index (κ2) is 4.87. The monoisotopic (exact) mass is 255 g/mol. The molecule has 0 aliphatic rings. The van der Waals surface area contributed by atoms with Gasteiger partial charge in [-0.3, -0.25) is 0 Å². The molecule has 17 heavy (non-hydrogen) atoms. The summed E-state index contributed by atoms with van der Waals surface area (Å²) in [5, 5.41) is 0.704. The molecule has 96 valence electrons. The number of hydrogen-bond acceptors (Lipinski definition) is 2. The molecule has 0 saturated carbocycles. The summed E-state index contributed by atoms with van der Waals surface area (Å²) in [6.45, 7) is 10.2. The summed E-state index contributed by atoms with van der Waals surface area (Å²) in [7, 11) is 1.65. The largest absolute Gasteiger partial charge is 0.495 e. The number of ether oxygens (including phenoxy) is 1. The quantitative estimate of drug-likeness (QED) is 0.897. The molecular formula is C14H22ClNO. The second-order valence-electron chi connectivity index (χ2n) is 5.37. The van der Waals surface area contributed by atoms with Gasteiger partial charge in [0.15, 0.2) is 0 Å². The number of rotatable bonds is 3. The van der Waals surface area contributed by atoms with Crippen LogP contribution in [0.1, 0.15) is 36.1 Å². The average Bonchev–Trinajstić information content (AvgIpc) is 2.21. The molecule has 0 radical (unpaired) electrons. The van der Waals surface area contributed by atoms with Gasteiger partial charge >= 0.3 is 0 Å². The van der Waals surface area contributed by atoms with E-state index in [1.54, 1.807) is 7.11 Å². The summed E-state index contributed by atoms with van der Waals surface area (Å²) >= 11 is 6.34. The fraction of sp³-hybridized carbons (Fsp3) is 0.571. The lowest BCUT2D eigenvalue weighted by Crippen LogP contribution is -2.35. The normalized spacial score (nSPS) is 11.8. The smallest absolute Gasteiger partial charge is 0.140 e. The first-order chi connectivity index (χ1) is 7.69. The van der Waals surface area contributed by atoms with Crippen molar-refractivity contribution >= 4 is 11.6 Å². The zero-order valence-electron chi connectivity index (χ0n) is 11.6. The van der Waals surface area contributed by atoms with Crippen LogP contribution < -0.4 is 10.5 Å². The Morgan fingerprint density at radius 3 is 2.06 bits per heavy atom. The minimum absolute atomic E-state index is 0.236. The van der Waals surface area contributed by atoms with Crippen LogP contribution in [0.3, 0.4) is 0 Å². The lowest BCUT2D eigenvalue weighted by atomic mass is 9.88. The predicted octanol–water partition coefficient (Wildman–Crippen LogP) is 3.55. The maximum atomic E-state index is 6.34. The van der Waals surface area contributed by atoms with E-state index < -0.39 is 0 Å². The molecule has 1 aromatic rings. The standard InChI is InChI=1S/C14H22ClNO/c1-8-9(2)13(17-6)12(15)10(3)11(8)7-14(4,5)16/h7,16H2,1-6H3. The van der Waals surface area contributed by atoms with Crippen LogP contribution >= 0.6 is 11.6 Å². The molecular weight excluding hydrogens is 234 g/mol. The third-order valence-corrected chi connectivity index (χ3v) is 3.63. The third-order valence-electron chi connectivity index (χ3n) is 3.17. The lowest BCUT2D eigenvalue weighted by Gasteiger charge is -2.24. The molecule has 0 aromatic heterocycles. The molecule has 0 bridgehead atoms. The van der Waals surface area contributed by atoms with E-state index >= 15 is 0 Å². The zero-order chi connectivity index (χ0) is 13.4. The van der Waals surface area contributed by atoms with Crippen molar-refractivity contribution in [3.8, 4) is 5.75 Å². The highest BCUT2D eigenvalue weighted by molar-refractivity contribution is 6.33. The molecule has 3 heteroatoms. The summed E-state index contributed by atoms with van der Waals surface area (Å²) in [6, 6.07) is 0. The summed E-state index contributed by atoms with van der Waals surface area (Å²) < 4.78 is 5.36. The summed E-state index contributed by atoms with van der Waals surface area (Å²) in [4.78, 5) is 0. The van der Waals surface area contributed by atoms with Crippen LogP contribution in [0.25, 0.3) is 0 Å². The maximum absolute atomic E-state index is 6.34. The van der Waals surface area contributed by atoms with Crippen molar-refractivity contribution in [2.24, 2.45) is 5.73 Å². The van der Waals surface area contributed by atoms with Gasteiger partial charge in [0.1, 0.15) is 5.75 Å². The molecule has 1 aromatic carbocycles. The number of benzene rings is 1. The first-order valence-electron chi connectivity index (χ1n) is 5.80. The van der Waals surface area contributed by atoms with E-state index in [0.29, 0.717) is 5.02 Å². The Morgan fingerprint density at radius 1 is 1.12 bits per heavy atom. The number of methoxy groups -OCH3 is 1. The molecule has 0 saturated heterocycles. The second-order valence-corrected chi connectivity index (χ2v) is 5.74. The average molecular weight is 256 g/mol. The van der Waals surface area contributed by atoms with Crippen LogP contribution in [0.2, 0.25) is 5.02 Å². The van der Waals surface area contributed by atoms with Crippen LogP contribution in [0.4, 0.5) is 0 Å². The van der Waals surface area contributed by atoms with Gasteiger partial charge in [0.05, 0.1) is 12.1 Å². The van der Waals surface area contributed by atoms with Gasteiger partial charge in [-0.1, -0.05) is 11.6 Å². The molecule has 0 heterocycles. The third kappa shape index (κ3) is 2.93. The van der Waals surface area contributed by atoms with Gasteiger partial charge in [-0.15, -0.1) is 0 Å². The van der Waals surface area contributed by atoms with E-state index in [0.717, 1.165) is 23.3 Å². The first-order valence-corrected chi connectivity index (χ1v) is 6.18. The van der Waals surface area contributed by atoms with E-state index in [1.165, 1.54) is 11.1 Å². The topological polar surface area (TPSA) is 35.2 Å². The van der Waals surface area contributed by atoms with E-state index in [4.69, 9.17) is 22.1 Å². The van der Waals surface area contributed by atoms with Crippen molar-refractivity contribution < 1.29 is 4.74 Å². The van der Waals surface area contributed by atoms with E-state index in [9.17, 15) is 0 Å². The van der Waals surface area contributed by atoms with Crippen molar-refractivity contribution in [1.82, 2.24) is 0 Å². The highest BCUT2D eigenvalue weighted by atomic mass is 35.5. The van der Waals surface area contributed by atoms with Gasteiger partial charge in [0.25, 0.3) is 0 Å². The molecule has 0 aliphatic carbocycles. The van der Waals surface area contributed by atoms with Crippen molar-refractivity contribution in [2.75, 3.05) is 7.11 Å². The SMILES string of the molecule is COc1c(C)c(C)c(CC(C)(C)N)c(C)c1Cl. The van der Waals surface area contributed by atoms with Crippen molar-refractivity contribution in [3.63, 3.8) is 0 Å². The van der Waals surface area contributed by atoms with Gasteiger partial charge in [-0.05, 0) is 63.3 Å². The van der Waals surface area contributed by atoms with Gasteiger partial charge in [0, 0.05) is 5.54 Å². The molecule has 0 amide bonds. The summed E-state index contributed by atoms with van der Waals surface area (Å²) in [6.07, 6.45) is 0.815. The Hall–Kier alpha value is -0.730. The molecule has 0 unspecified atom stereocenters. The van der Waals surface area contributed by atoms with Crippen LogP contribution in [0.15, 0.2) is 0 Å². The van der Waals surface area contributed by atoms with Crippen LogP contribution in [-0.2, 0) is 6.42 Å². The van der Waals surface area contributed by atoms with Crippen molar-refractivity contribution in [2.45, 2.75) is 46.6 Å². The molecule has 0 fully saturated rings. The zero-order valence-corrected chi connectivity index (χ0v) is 12.3. The number of hydrogen-bond donors (Lipinski definition) is 1. The number of nitrogens with two attached hydrogens (primary N) is 1. The van der Waals surface area contributed by atoms with Crippen LogP contribution in [-0.4, -0.2) is 12.6 Å². The summed E-state index contributed by atoms with van der Waals surface area (Å²) in [5.41, 5.74) is 10.5. The van der Waals surface area contributed by atoms with Gasteiger partial charge in [0.2, 0.25) is 0 Å². The highest BCUT2D eigenvalue weighted by Crippen LogP contribution is 2.37. The van der Waals surface area contributed by atoms with Crippen molar-refractivity contribution in [3.05, 3.63) is 27.3 Å². The maximum Gasteiger partial charge on any atom is 0.140 e. The Labute approximate surface area is 109 Å². The molecule has 2 N–H and O–H groups in total. The lowest BCUT2D eigenvalue weighted by molar-refractivity contribution is 0.410. The molecule has 0 aliphatic heterocycles. The minimum atomic E-state index is -0.236.